The van der Waals surface area contributed by atoms with Crippen LogP contribution in [0.2, 0.25) is 0 Å². The van der Waals surface area contributed by atoms with E-state index < -0.39 is 6.43 Å². The number of nitrogens with one attached hydrogen (secondary N) is 1. The molecule has 0 atom stereocenters. The van der Waals surface area contributed by atoms with E-state index in [-0.39, 0.29) is 12.1 Å². The van der Waals surface area contributed by atoms with Crippen molar-refractivity contribution < 1.29 is 8.78 Å². The first kappa shape index (κ1) is 6.26. The van der Waals surface area contributed by atoms with E-state index in [2.05, 4.69) is 5.32 Å². The second-order valence-electron chi connectivity index (χ2n) is 1.78. The standard InChI is InChI=1S/C6H7F2N/c7-6(8)5-2-1-3-9-4-5/h1-3,6,9H,4H2. The van der Waals surface area contributed by atoms with Crippen LogP contribution in [0.1, 0.15) is 0 Å². The van der Waals surface area contributed by atoms with Crippen molar-refractivity contribution in [2.75, 3.05) is 6.54 Å². The predicted molar refractivity (Wildman–Crippen MR) is 31.2 cm³/mol. The number of hydrogen-bond acceptors (Lipinski definition) is 1. The molecule has 1 nitrogen and oxygen atoms in total. The maximum absolute atomic E-state index is 11.8. The first-order chi connectivity index (χ1) is 4.30. The van der Waals surface area contributed by atoms with Crippen LogP contribution in [0.25, 0.3) is 0 Å². The zero-order chi connectivity index (χ0) is 6.69. The molecule has 1 aliphatic heterocycles. The van der Waals surface area contributed by atoms with Crippen LogP contribution < -0.4 is 5.32 Å². The largest absolute Gasteiger partial charge is 0.387 e. The van der Waals surface area contributed by atoms with Gasteiger partial charge in [0.1, 0.15) is 0 Å². The van der Waals surface area contributed by atoms with Gasteiger partial charge in [0.05, 0.1) is 0 Å². The topological polar surface area (TPSA) is 12.0 Å². The monoisotopic (exact) mass is 131 g/mol. The van der Waals surface area contributed by atoms with Crippen molar-refractivity contribution in [2.45, 2.75) is 6.43 Å². The lowest BCUT2D eigenvalue weighted by Gasteiger charge is -2.08. The van der Waals surface area contributed by atoms with Gasteiger partial charge in [-0.3, -0.25) is 0 Å². The molecule has 9 heavy (non-hydrogen) atoms. The molecule has 3 heteroatoms. The Morgan fingerprint density at radius 2 is 2.33 bits per heavy atom. The number of alkyl halides is 2. The van der Waals surface area contributed by atoms with Crippen molar-refractivity contribution in [3.63, 3.8) is 0 Å². The van der Waals surface area contributed by atoms with Crippen molar-refractivity contribution >= 4 is 0 Å². The molecule has 1 aliphatic rings. The van der Waals surface area contributed by atoms with Gasteiger partial charge in [-0.25, -0.2) is 8.78 Å². The quantitative estimate of drug-likeness (QED) is 0.565. The first-order valence-corrected chi connectivity index (χ1v) is 2.68. The van der Waals surface area contributed by atoms with Gasteiger partial charge in [-0.15, -0.1) is 0 Å². The van der Waals surface area contributed by atoms with Gasteiger partial charge in [0.25, 0.3) is 6.43 Å². The molecule has 0 saturated heterocycles. The zero-order valence-corrected chi connectivity index (χ0v) is 4.77. The minimum Gasteiger partial charge on any atom is -0.387 e. The highest BCUT2D eigenvalue weighted by Crippen LogP contribution is 2.08. The molecule has 1 rings (SSSR count). The molecular weight excluding hydrogens is 124 g/mol. The number of dihydropyridines is 1. The molecule has 0 aromatic heterocycles. The van der Waals surface area contributed by atoms with Crippen LogP contribution in [0.4, 0.5) is 8.78 Å². The minimum atomic E-state index is -2.32. The highest BCUT2D eigenvalue weighted by atomic mass is 19.3. The van der Waals surface area contributed by atoms with Crippen molar-refractivity contribution in [1.29, 1.82) is 0 Å². The molecule has 0 unspecified atom stereocenters. The molecule has 0 aliphatic carbocycles. The predicted octanol–water partition coefficient (Wildman–Crippen LogP) is 1.29. The summed E-state index contributed by atoms with van der Waals surface area (Å²) in [5, 5.41) is 2.69. The minimum absolute atomic E-state index is 0.150. The van der Waals surface area contributed by atoms with Crippen molar-refractivity contribution in [3.05, 3.63) is 23.9 Å². The highest BCUT2D eigenvalue weighted by Gasteiger charge is 2.09. The normalized spacial score (nSPS) is 17.4. The van der Waals surface area contributed by atoms with E-state index in [1.165, 1.54) is 6.08 Å². The summed E-state index contributed by atoms with van der Waals surface area (Å²) in [5.74, 6) is 0. The summed E-state index contributed by atoms with van der Waals surface area (Å²) < 4.78 is 23.6. The van der Waals surface area contributed by atoms with Gasteiger partial charge in [0.2, 0.25) is 0 Å². The van der Waals surface area contributed by atoms with Gasteiger partial charge in [-0.2, -0.15) is 0 Å². The average molecular weight is 131 g/mol. The van der Waals surface area contributed by atoms with Gasteiger partial charge in [0, 0.05) is 12.1 Å². The first-order valence-electron chi connectivity index (χ1n) is 2.68. The average Bonchev–Trinajstić information content (AvgIpc) is 1.90. The number of allylic oxidation sites excluding steroid dienone is 2. The summed E-state index contributed by atoms with van der Waals surface area (Å²) in [6, 6.07) is 0. The summed E-state index contributed by atoms with van der Waals surface area (Å²) in [6.45, 7) is 0.272. The van der Waals surface area contributed by atoms with Gasteiger partial charge in [0.15, 0.2) is 0 Å². The molecule has 0 bridgehead atoms. The third-order valence-electron chi connectivity index (χ3n) is 1.11. The Bertz CT molecular complexity index is 149. The van der Waals surface area contributed by atoms with Crippen LogP contribution in [0.3, 0.4) is 0 Å². The summed E-state index contributed by atoms with van der Waals surface area (Å²) in [4.78, 5) is 0. The molecule has 0 fully saturated rings. The van der Waals surface area contributed by atoms with Crippen LogP contribution in [0.15, 0.2) is 23.9 Å². The van der Waals surface area contributed by atoms with Gasteiger partial charge >= 0.3 is 0 Å². The Morgan fingerprint density at radius 1 is 1.56 bits per heavy atom. The molecule has 0 spiro atoms. The third-order valence-corrected chi connectivity index (χ3v) is 1.11. The summed E-state index contributed by atoms with van der Waals surface area (Å²) in [5.41, 5.74) is 0.150. The summed E-state index contributed by atoms with van der Waals surface area (Å²) >= 11 is 0. The molecule has 0 amide bonds. The lowest BCUT2D eigenvalue weighted by Crippen LogP contribution is -2.16. The van der Waals surface area contributed by atoms with E-state index >= 15 is 0 Å². The van der Waals surface area contributed by atoms with E-state index in [4.69, 9.17) is 0 Å². The number of rotatable bonds is 1. The summed E-state index contributed by atoms with van der Waals surface area (Å²) in [7, 11) is 0. The van der Waals surface area contributed by atoms with Crippen molar-refractivity contribution in [2.24, 2.45) is 0 Å². The molecule has 0 aromatic carbocycles. The molecule has 0 aromatic rings. The second kappa shape index (κ2) is 2.62. The van der Waals surface area contributed by atoms with Crippen molar-refractivity contribution in [1.82, 2.24) is 5.32 Å². The highest BCUT2D eigenvalue weighted by molar-refractivity contribution is 5.19. The van der Waals surface area contributed by atoms with Gasteiger partial charge in [-0.1, -0.05) is 6.08 Å². The fourth-order valence-electron chi connectivity index (χ4n) is 0.625. The molecule has 0 radical (unpaired) electrons. The van der Waals surface area contributed by atoms with Crippen LogP contribution in [0.5, 0.6) is 0 Å². The van der Waals surface area contributed by atoms with E-state index in [1.54, 1.807) is 12.3 Å². The Labute approximate surface area is 52.1 Å². The van der Waals surface area contributed by atoms with Gasteiger partial charge < -0.3 is 5.32 Å². The lowest BCUT2D eigenvalue weighted by molar-refractivity contribution is 0.186. The third kappa shape index (κ3) is 1.52. The SMILES string of the molecule is FC(F)C1=CC=CNC1. The number of hydrogen-bond donors (Lipinski definition) is 1. The zero-order valence-electron chi connectivity index (χ0n) is 4.77. The Kier molecular flexibility index (Phi) is 1.82. The van der Waals surface area contributed by atoms with Crippen LogP contribution in [-0.4, -0.2) is 13.0 Å². The fourth-order valence-corrected chi connectivity index (χ4v) is 0.625. The van der Waals surface area contributed by atoms with Crippen LogP contribution in [0, 0.1) is 0 Å². The van der Waals surface area contributed by atoms with E-state index in [0.29, 0.717) is 0 Å². The molecule has 1 N–H and O–H groups in total. The van der Waals surface area contributed by atoms with Crippen LogP contribution >= 0.6 is 0 Å². The fraction of sp³-hybridized carbons (Fsp3) is 0.333. The molecule has 50 valence electrons. The summed E-state index contributed by atoms with van der Waals surface area (Å²) in [6.07, 6.45) is 2.33. The maximum atomic E-state index is 11.8. The Hall–Kier alpha value is -0.860. The maximum Gasteiger partial charge on any atom is 0.261 e. The molecule has 1 heterocycles. The second-order valence-corrected chi connectivity index (χ2v) is 1.78. The van der Waals surface area contributed by atoms with E-state index in [9.17, 15) is 8.78 Å². The number of halogens is 2. The smallest absolute Gasteiger partial charge is 0.261 e. The van der Waals surface area contributed by atoms with Gasteiger partial charge in [-0.05, 0) is 12.3 Å². The lowest BCUT2D eigenvalue weighted by atomic mass is 10.2. The van der Waals surface area contributed by atoms with Crippen LogP contribution in [-0.2, 0) is 0 Å². The van der Waals surface area contributed by atoms with Crippen molar-refractivity contribution in [3.8, 4) is 0 Å². The molecule has 0 saturated carbocycles. The Balaban J connectivity index is 2.57. The Morgan fingerprint density at radius 3 is 2.67 bits per heavy atom. The molecular formula is C6H7F2N. The van der Waals surface area contributed by atoms with E-state index in [0.717, 1.165) is 0 Å². The van der Waals surface area contributed by atoms with E-state index in [1.807, 2.05) is 0 Å².